The Labute approximate surface area is 104 Å². The zero-order valence-electron chi connectivity index (χ0n) is 11.1. The monoisotopic (exact) mass is 265 g/mol. The summed E-state index contributed by atoms with van der Waals surface area (Å²) in [5.74, 6) is -0.392. The number of nitrogens with zero attached hydrogens (tertiary/aromatic N) is 1. The molecule has 0 fully saturated rings. The minimum atomic E-state index is -3.22. The molecule has 6 heteroatoms. The van der Waals surface area contributed by atoms with E-state index in [1.165, 1.54) is 7.11 Å². The number of rotatable bonds is 8. The van der Waals surface area contributed by atoms with E-state index in [4.69, 9.17) is 0 Å². The van der Waals surface area contributed by atoms with Crippen molar-refractivity contribution in [3.8, 4) is 0 Å². The van der Waals surface area contributed by atoms with Gasteiger partial charge in [-0.25, -0.2) is 8.42 Å². The van der Waals surface area contributed by atoms with Gasteiger partial charge in [-0.1, -0.05) is 13.8 Å². The number of ether oxygens (including phenoxy) is 1. The second-order valence-electron chi connectivity index (χ2n) is 3.98. The molecule has 1 atom stereocenters. The van der Waals surface area contributed by atoms with Crippen LogP contribution in [0.1, 0.15) is 27.2 Å². The molecule has 0 aliphatic heterocycles. The first-order chi connectivity index (χ1) is 7.87. The van der Waals surface area contributed by atoms with E-state index in [9.17, 15) is 13.2 Å². The van der Waals surface area contributed by atoms with Crippen LogP contribution in [0.15, 0.2) is 0 Å². The Balaban J connectivity index is 4.32. The van der Waals surface area contributed by atoms with Crippen molar-refractivity contribution in [3.05, 3.63) is 0 Å². The van der Waals surface area contributed by atoms with Gasteiger partial charge in [0.15, 0.2) is 9.84 Å². The van der Waals surface area contributed by atoms with E-state index in [-0.39, 0.29) is 12.2 Å². The highest BCUT2D eigenvalue weighted by molar-refractivity contribution is 7.92. The SMILES string of the molecule is CCN(CC)CCS(=O)(=O)C(C)CC(=O)OC. The maximum Gasteiger partial charge on any atom is 0.306 e. The number of esters is 1. The molecule has 1 unspecified atom stereocenters. The molecular weight excluding hydrogens is 242 g/mol. The highest BCUT2D eigenvalue weighted by atomic mass is 32.2. The van der Waals surface area contributed by atoms with E-state index >= 15 is 0 Å². The fourth-order valence-electron chi connectivity index (χ4n) is 1.44. The van der Waals surface area contributed by atoms with Gasteiger partial charge in [-0.15, -0.1) is 0 Å². The van der Waals surface area contributed by atoms with Crippen molar-refractivity contribution in [1.82, 2.24) is 4.90 Å². The van der Waals surface area contributed by atoms with Crippen molar-refractivity contribution in [2.45, 2.75) is 32.4 Å². The highest BCUT2D eigenvalue weighted by Gasteiger charge is 2.24. The topological polar surface area (TPSA) is 63.7 Å². The molecule has 0 aromatic rings. The molecule has 0 radical (unpaired) electrons. The molecule has 0 heterocycles. The van der Waals surface area contributed by atoms with Crippen LogP contribution in [0, 0.1) is 0 Å². The molecule has 102 valence electrons. The molecule has 0 saturated carbocycles. The lowest BCUT2D eigenvalue weighted by atomic mass is 10.3. The van der Waals surface area contributed by atoms with Crippen LogP contribution in [0.4, 0.5) is 0 Å². The van der Waals surface area contributed by atoms with E-state index in [2.05, 4.69) is 4.74 Å². The third kappa shape index (κ3) is 6.02. The second kappa shape index (κ2) is 7.66. The van der Waals surface area contributed by atoms with Gasteiger partial charge in [-0.3, -0.25) is 4.79 Å². The number of hydrogen-bond acceptors (Lipinski definition) is 5. The summed E-state index contributed by atoms with van der Waals surface area (Å²) in [5, 5.41) is -0.675. The predicted molar refractivity (Wildman–Crippen MR) is 67.7 cm³/mol. The van der Waals surface area contributed by atoms with Gasteiger partial charge in [-0.05, 0) is 20.0 Å². The summed E-state index contributed by atoms with van der Waals surface area (Å²) < 4.78 is 28.2. The number of hydrogen-bond donors (Lipinski definition) is 0. The van der Waals surface area contributed by atoms with Crippen LogP contribution in [-0.4, -0.2) is 57.0 Å². The zero-order chi connectivity index (χ0) is 13.5. The first kappa shape index (κ1) is 16.4. The Morgan fingerprint density at radius 3 is 2.24 bits per heavy atom. The van der Waals surface area contributed by atoms with Crippen LogP contribution < -0.4 is 0 Å². The number of sulfone groups is 1. The first-order valence-corrected chi connectivity index (χ1v) is 7.59. The van der Waals surface area contributed by atoms with Crippen molar-refractivity contribution in [2.75, 3.05) is 32.5 Å². The molecule has 0 aromatic carbocycles. The van der Waals surface area contributed by atoms with E-state index in [1.807, 2.05) is 18.7 Å². The van der Waals surface area contributed by atoms with Crippen molar-refractivity contribution >= 4 is 15.8 Å². The minimum absolute atomic E-state index is 0.0723. The Morgan fingerprint density at radius 1 is 1.29 bits per heavy atom. The molecule has 0 aliphatic carbocycles. The summed E-state index contributed by atoms with van der Waals surface area (Å²) in [6.45, 7) is 7.71. The number of carbonyl (C=O) groups excluding carboxylic acids is 1. The molecule has 0 N–H and O–H groups in total. The lowest BCUT2D eigenvalue weighted by Crippen LogP contribution is -2.33. The summed E-state index contributed by atoms with van der Waals surface area (Å²) in [5.41, 5.74) is 0. The molecule has 0 spiro atoms. The standard InChI is InChI=1S/C11H23NO4S/c1-5-12(6-2)7-8-17(14,15)10(3)9-11(13)16-4/h10H,5-9H2,1-4H3. The Bertz CT molecular complexity index is 322. The van der Waals surface area contributed by atoms with Crippen LogP contribution in [0.5, 0.6) is 0 Å². The summed E-state index contributed by atoms with van der Waals surface area (Å²) in [4.78, 5) is 13.1. The van der Waals surface area contributed by atoms with Crippen molar-refractivity contribution in [2.24, 2.45) is 0 Å². The average Bonchev–Trinajstić information content (AvgIpc) is 2.29. The van der Waals surface area contributed by atoms with Gasteiger partial charge in [0.25, 0.3) is 0 Å². The molecule has 0 amide bonds. The molecule has 17 heavy (non-hydrogen) atoms. The predicted octanol–water partition coefficient (Wildman–Crippen LogP) is 0.695. The van der Waals surface area contributed by atoms with E-state index in [1.54, 1.807) is 6.92 Å². The van der Waals surface area contributed by atoms with Crippen LogP contribution in [0.3, 0.4) is 0 Å². The summed E-state index contributed by atoms with van der Waals surface area (Å²) in [7, 11) is -1.96. The first-order valence-electron chi connectivity index (χ1n) is 5.88. The number of methoxy groups -OCH3 is 1. The van der Waals surface area contributed by atoms with E-state index < -0.39 is 21.1 Å². The quantitative estimate of drug-likeness (QED) is 0.604. The minimum Gasteiger partial charge on any atom is -0.469 e. The zero-order valence-corrected chi connectivity index (χ0v) is 11.9. The Kier molecular flexibility index (Phi) is 7.38. The molecule has 0 aliphatic rings. The van der Waals surface area contributed by atoms with Gasteiger partial charge in [0.05, 0.1) is 24.5 Å². The Morgan fingerprint density at radius 2 is 1.82 bits per heavy atom. The molecular formula is C11H23NO4S. The Hall–Kier alpha value is -0.620. The van der Waals surface area contributed by atoms with Crippen LogP contribution in [0.2, 0.25) is 0 Å². The van der Waals surface area contributed by atoms with Gasteiger partial charge < -0.3 is 9.64 Å². The van der Waals surface area contributed by atoms with Gasteiger partial charge in [0, 0.05) is 6.54 Å². The molecule has 0 aromatic heterocycles. The maximum atomic E-state index is 11.9. The van der Waals surface area contributed by atoms with Gasteiger partial charge in [-0.2, -0.15) is 0 Å². The van der Waals surface area contributed by atoms with Gasteiger partial charge >= 0.3 is 5.97 Å². The lowest BCUT2D eigenvalue weighted by Gasteiger charge is -2.19. The fraction of sp³-hybridized carbons (Fsp3) is 0.909. The maximum absolute atomic E-state index is 11.9. The van der Waals surface area contributed by atoms with Crippen molar-refractivity contribution < 1.29 is 17.9 Å². The van der Waals surface area contributed by atoms with E-state index in [0.717, 1.165) is 13.1 Å². The smallest absolute Gasteiger partial charge is 0.306 e. The second-order valence-corrected chi connectivity index (χ2v) is 6.52. The van der Waals surface area contributed by atoms with Crippen molar-refractivity contribution in [1.29, 1.82) is 0 Å². The normalized spacial score (nSPS) is 13.7. The molecule has 5 nitrogen and oxygen atoms in total. The van der Waals surface area contributed by atoms with Crippen molar-refractivity contribution in [3.63, 3.8) is 0 Å². The molecule has 0 rings (SSSR count). The summed E-state index contributed by atoms with van der Waals surface area (Å²) in [6, 6.07) is 0. The van der Waals surface area contributed by atoms with Crippen LogP contribution in [0.25, 0.3) is 0 Å². The van der Waals surface area contributed by atoms with Crippen LogP contribution >= 0.6 is 0 Å². The van der Waals surface area contributed by atoms with E-state index in [0.29, 0.717) is 6.54 Å². The molecule has 0 saturated heterocycles. The summed E-state index contributed by atoms with van der Waals surface area (Å²) >= 11 is 0. The largest absolute Gasteiger partial charge is 0.469 e. The summed E-state index contributed by atoms with van der Waals surface area (Å²) in [6.07, 6.45) is -0.0723. The lowest BCUT2D eigenvalue weighted by molar-refractivity contribution is -0.140. The highest BCUT2D eigenvalue weighted by Crippen LogP contribution is 2.08. The van der Waals surface area contributed by atoms with Crippen LogP contribution in [-0.2, 0) is 19.4 Å². The van der Waals surface area contributed by atoms with Gasteiger partial charge in [0.1, 0.15) is 0 Å². The average molecular weight is 265 g/mol. The fourth-order valence-corrected chi connectivity index (χ4v) is 2.75. The number of carbonyl (C=O) groups is 1. The molecule has 0 bridgehead atoms. The van der Waals surface area contributed by atoms with Gasteiger partial charge in [0.2, 0.25) is 0 Å². The third-order valence-electron chi connectivity index (χ3n) is 2.88. The third-order valence-corrected chi connectivity index (χ3v) is 5.03.